The van der Waals surface area contributed by atoms with Crippen LogP contribution in [0.3, 0.4) is 0 Å². The summed E-state index contributed by atoms with van der Waals surface area (Å²) in [6, 6.07) is 2.56. The molecule has 0 radical (unpaired) electrons. The van der Waals surface area contributed by atoms with Gasteiger partial charge in [0.15, 0.2) is 5.65 Å². The summed E-state index contributed by atoms with van der Waals surface area (Å²) in [5.74, 6) is 1.75. The standard InChI is InChI=1S/C15H20ClN3/c1-4-5-11-8-12(11)19-14(10(3)16)18-13-9(2)6-7-17-15(13)19/h6-7,10-12H,4-5,8H2,1-3H3. The Morgan fingerprint density at radius 2 is 2.32 bits per heavy atom. The Morgan fingerprint density at radius 3 is 3.00 bits per heavy atom. The van der Waals surface area contributed by atoms with Crippen molar-refractivity contribution in [2.75, 3.05) is 0 Å². The highest BCUT2D eigenvalue weighted by Gasteiger charge is 2.40. The van der Waals surface area contributed by atoms with Gasteiger partial charge in [-0.3, -0.25) is 0 Å². The van der Waals surface area contributed by atoms with Crippen LogP contribution in [0.4, 0.5) is 0 Å². The van der Waals surface area contributed by atoms with E-state index in [1.807, 2.05) is 19.2 Å². The minimum atomic E-state index is -0.0727. The smallest absolute Gasteiger partial charge is 0.160 e. The molecule has 3 nitrogen and oxygen atoms in total. The highest BCUT2D eigenvalue weighted by molar-refractivity contribution is 6.20. The highest BCUT2D eigenvalue weighted by Crippen LogP contribution is 2.49. The molecule has 3 atom stereocenters. The van der Waals surface area contributed by atoms with Crippen molar-refractivity contribution < 1.29 is 0 Å². The van der Waals surface area contributed by atoms with E-state index in [1.54, 1.807) is 0 Å². The van der Waals surface area contributed by atoms with Gasteiger partial charge in [0.2, 0.25) is 0 Å². The molecule has 3 rings (SSSR count). The SMILES string of the molecule is CCCC1CC1n1c(C(C)Cl)nc2c(C)ccnc21. The second-order valence-corrected chi connectivity index (χ2v) is 6.26. The van der Waals surface area contributed by atoms with Crippen molar-refractivity contribution in [3.63, 3.8) is 0 Å². The van der Waals surface area contributed by atoms with E-state index < -0.39 is 0 Å². The summed E-state index contributed by atoms with van der Waals surface area (Å²) >= 11 is 6.32. The Hall–Kier alpha value is -1.09. The molecule has 0 bridgehead atoms. The third-order valence-corrected chi connectivity index (χ3v) is 4.24. The molecule has 0 saturated heterocycles. The summed E-state index contributed by atoms with van der Waals surface area (Å²) < 4.78 is 2.29. The second kappa shape index (κ2) is 4.78. The lowest BCUT2D eigenvalue weighted by atomic mass is 10.2. The average Bonchev–Trinajstić information content (AvgIpc) is 3.00. The topological polar surface area (TPSA) is 30.7 Å². The van der Waals surface area contributed by atoms with E-state index in [0.717, 1.165) is 22.9 Å². The summed E-state index contributed by atoms with van der Waals surface area (Å²) in [5.41, 5.74) is 3.19. The number of pyridine rings is 1. The third-order valence-electron chi connectivity index (χ3n) is 4.04. The van der Waals surface area contributed by atoms with Crippen LogP contribution in [-0.2, 0) is 0 Å². The van der Waals surface area contributed by atoms with E-state index in [0.29, 0.717) is 6.04 Å². The minimum absolute atomic E-state index is 0.0727. The van der Waals surface area contributed by atoms with Gasteiger partial charge in [-0.25, -0.2) is 9.97 Å². The lowest BCUT2D eigenvalue weighted by Gasteiger charge is -2.09. The number of hydrogen-bond donors (Lipinski definition) is 0. The molecule has 1 aliphatic rings. The Labute approximate surface area is 119 Å². The molecule has 2 aromatic rings. The van der Waals surface area contributed by atoms with Gasteiger partial charge in [-0.1, -0.05) is 13.3 Å². The van der Waals surface area contributed by atoms with Crippen LogP contribution >= 0.6 is 11.6 Å². The fourth-order valence-electron chi connectivity index (χ4n) is 2.96. The van der Waals surface area contributed by atoms with Crippen LogP contribution in [-0.4, -0.2) is 14.5 Å². The van der Waals surface area contributed by atoms with Crippen LogP contribution in [0, 0.1) is 12.8 Å². The molecule has 0 N–H and O–H groups in total. The van der Waals surface area contributed by atoms with Crippen molar-refractivity contribution >= 4 is 22.8 Å². The van der Waals surface area contributed by atoms with Gasteiger partial charge in [-0.05, 0) is 44.2 Å². The zero-order chi connectivity index (χ0) is 13.6. The molecule has 1 saturated carbocycles. The van der Waals surface area contributed by atoms with Gasteiger partial charge in [0.1, 0.15) is 11.3 Å². The lowest BCUT2D eigenvalue weighted by Crippen LogP contribution is -2.04. The van der Waals surface area contributed by atoms with E-state index >= 15 is 0 Å². The van der Waals surface area contributed by atoms with Gasteiger partial charge in [-0.15, -0.1) is 11.6 Å². The number of aromatic nitrogens is 3. The van der Waals surface area contributed by atoms with Crippen LogP contribution in [0.1, 0.15) is 55.9 Å². The van der Waals surface area contributed by atoms with Crippen molar-refractivity contribution in [1.82, 2.24) is 14.5 Å². The number of rotatable bonds is 4. The Morgan fingerprint density at radius 1 is 1.53 bits per heavy atom. The van der Waals surface area contributed by atoms with Gasteiger partial charge in [0.05, 0.1) is 5.38 Å². The Kier molecular flexibility index (Phi) is 3.25. The molecule has 0 aliphatic heterocycles. The molecule has 0 spiro atoms. The summed E-state index contributed by atoms with van der Waals surface area (Å²) in [6.07, 6.45) is 5.64. The van der Waals surface area contributed by atoms with Gasteiger partial charge in [0, 0.05) is 12.2 Å². The average molecular weight is 278 g/mol. The molecule has 0 amide bonds. The first-order valence-electron chi connectivity index (χ1n) is 7.11. The minimum Gasteiger partial charge on any atom is -0.308 e. The maximum Gasteiger partial charge on any atom is 0.160 e. The largest absolute Gasteiger partial charge is 0.308 e. The molecule has 0 aromatic carbocycles. The number of hydrogen-bond acceptors (Lipinski definition) is 2. The normalized spacial score (nSPS) is 23.8. The number of halogens is 1. The molecular weight excluding hydrogens is 258 g/mol. The molecule has 2 aromatic heterocycles. The lowest BCUT2D eigenvalue weighted by molar-refractivity contribution is 0.595. The van der Waals surface area contributed by atoms with Crippen molar-refractivity contribution in [3.8, 4) is 0 Å². The molecule has 102 valence electrons. The van der Waals surface area contributed by atoms with E-state index in [2.05, 4.69) is 23.4 Å². The molecule has 1 aliphatic carbocycles. The number of imidazole rings is 1. The molecular formula is C15H20ClN3. The summed E-state index contributed by atoms with van der Waals surface area (Å²) in [7, 11) is 0. The van der Waals surface area contributed by atoms with Crippen LogP contribution < -0.4 is 0 Å². The molecule has 4 heteroatoms. The number of fused-ring (bicyclic) bond motifs is 1. The number of alkyl halides is 1. The third kappa shape index (κ3) is 2.14. The van der Waals surface area contributed by atoms with Gasteiger partial charge in [0.25, 0.3) is 0 Å². The van der Waals surface area contributed by atoms with Gasteiger partial charge >= 0.3 is 0 Å². The van der Waals surface area contributed by atoms with Crippen LogP contribution in [0.25, 0.3) is 11.2 Å². The van der Waals surface area contributed by atoms with Crippen LogP contribution in [0.5, 0.6) is 0 Å². The molecule has 19 heavy (non-hydrogen) atoms. The highest BCUT2D eigenvalue weighted by atomic mass is 35.5. The zero-order valence-electron chi connectivity index (χ0n) is 11.7. The first kappa shape index (κ1) is 12.9. The zero-order valence-corrected chi connectivity index (χ0v) is 12.5. The molecule has 1 fully saturated rings. The Balaban J connectivity index is 2.11. The second-order valence-electron chi connectivity index (χ2n) is 5.61. The Bertz CT molecular complexity index is 603. The van der Waals surface area contributed by atoms with Gasteiger partial charge in [-0.2, -0.15) is 0 Å². The van der Waals surface area contributed by atoms with E-state index in [-0.39, 0.29) is 5.38 Å². The van der Waals surface area contributed by atoms with Gasteiger partial charge < -0.3 is 4.57 Å². The fourth-order valence-corrected chi connectivity index (χ4v) is 3.12. The summed E-state index contributed by atoms with van der Waals surface area (Å²) in [5, 5.41) is -0.0727. The summed E-state index contributed by atoms with van der Waals surface area (Å²) in [4.78, 5) is 9.28. The van der Waals surface area contributed by atoms with Crippen molar-refractivity contribution in [2.45, 2.75) is 51.5 Å². The van der Waals surface area contributed by atoms with Crippen molar-refractivity contribution in [2.24, 2.45) is 5.92 Å². The molecule has 2 heterocycles. The monoisotopic (exact) mass is 277 g/mol. The maximum absolute atomic E-state index is 6.32. The summed E-state index contributed by atoms with van der Waals surface area (Å²) in [6.45, 7) is 6.32. The quantitative estimate of drug-likeness (QED) is 0.776. The maximum atomic E-state index is 6.32. The molecule has 3 unspecified atom stereocenters. The predicted octanol–water partition coefficient (Wildman–Crippen LogP) is 4.40. The number of aryl methyl sites for hydroxylation is 1. The van der Waals surface area contributed by atoms with Crippen molar-refractivity contribution in [3.05, 3.63) is 23.7 Å². The van der Waals surface area contributed by atoms with E-state index in [4.69, 9.17) is 16.6 Å². The van der Waals surface area contributed by atoms with Crippen LogP contribution in [0.15, 0.2) is 12.3 Å². The first-order chi connectivity index (χ1) is 9.13. The first-order valence-corrected chi connectivity index (χ1v) is 7.54. The van der Waals surface area contributed by atoms with Crippen LogP contribution in [0.2, 0.25) is 0 Å². The van der Waals surface area contributed by atoms with E-state index in [9.17, 15) is 0 Å². The fraction of sp³-hybridized carbons (Fsp3) is 0.600. The number of nitrogens with zero attached hydrogens (tertiary/aromatic N) is 3. The predicted molar refractivity (Wildman–Crippen MR) is 78.6 cm³/mol. The van der Waals surface area contributed by atoms with Crippen molar-refractivity contribution in [1.29, 1.82) is 0 Å². The van der Waals surface area contributed by atoms with E-state index in [1.165, 1.54) is 24.8 Å².